The highest BCUT2D eigenvalue weighted by molar-refractivity contribution is 5.12. The van der Waals surface area contributed by atoms with Gasteiger partial charge in [-0.05, 0) is 32.6 Å². The van der Waals surface area contributed by atoms with E-state index in [2.05, 4.69) is 19.1 Å². The molecule has 0 bridgehead atoms. The summed E-state index contributed by atoms with van der Waals surface area (Å²) < 4.78 is 0. The fourth-order valence-electron chi connectivity index (χ4n) is 0.962. The van der Waals surface area contributed by atoms with Gasteiger partial charge in [0.15, 0.2) is 0 Å². The zero-order chi connectivity index (χ0) is 6.53. The van der Waals surface area contributed by atoms with Gasteiger partial charge in [0.25, 0.3) is 0 Å². The largest absolute Gasteiger partial charge is 0.0882 e. The molecule has 0 aromatic carbocycles. The average molecular weight is 121 g/mol. The van der Waals surface area contributed by atoms with Crippen molar-refractivity contribution < 1.29 is 0 Å². The van der Waals surface area contributed by atoms with Crippen LogP contribution in [0.3, 0.4) is 0 Å². The Morgan fingerprint density at radius 3 is 2.89 bits per heavy atom. The molecule has 0 N–H and O–H groups in total. The van der Waals surface area contributed by atoms with Gasteiger partial charge >= 0.3 is 0 Å². The van der Waals surface area contributed by atoms with E-state index in [4.69, 9.17) is 0 Å². The van der Waals surface area contributed by atoms with Crippen LogP contribution in [0.25, 0.3) is 0 Å². The summed E-state index contributed by atoms with van der Waals surface area (Å²) in [5.41, 5.74) is 1.63. The Kier molecular flexibility index (Phi) is 2.56. The van der Waals surface area contributed by atoms with Crippen molar-refractivity contribution in [1.82, 2.24) is 0 Å². The summed E-state index contributed by atoms with van der Waals surface area (Å²) >= 11 is 0. The monoisotopic (exact) mass is 121 g/mol. The van der Waals surface area contributed by atoms with E-state index in [0.717, 1.165) is 0 Å². The van der Waals surface area contributed by atoms with Gasteiger partial charge in [0.2, 0.25) is 0 Å². The van der Waals surface area contributed by atoms with Gasteiger partial charge < -0.3 is 0 Å². The SMILES string of the molecule is [CH2]C=CCCC1=CCC1. The third kappa shape index (κ3) is 2.05. The minimum atomic E-state index is 1.18. The van der Waals surface area contributed by atoms with Crippen molar-refractivity contribution in [2.45, 2.75) is 25.7 Å². The molecule has 0 saturated carbocycles. The zero-order valence-electron chi connectivity index (χ0n) is 5.77. The molecule has 0 unspecified atom stereocenters. The molecule has 0 aromatic rings. The maximum Gasteiger partial charge on any atom is -0.0285 e. The molecular formula is C9H13. The van der Waals surface area contributed by atoms with Crippen LogP contribution in [0.2, 0.25) is 0 Å². The Balaban J connectivity index is 2.05. The lowest BCUT2D eigenvalue weighted by atomic mass is 9.95. The molecule has 0 spiro atoms. The number of rotatable bonds is 3. The van der Waals surface area contributed by atoms with Crippen LogP contribution in [0.4, 0.5) is 0 Å². The minimum absolute atomic E-state index is 1.18. The van der Waals surface area contributed by atoms with E-state index in [-0.39, 0.29) is 0 Å². The molecule has 1 radical (unpaired) electrons. The van der Waals surface area contributed by atoms with Crippen LogP contribution < -0.4 is 0 Å². The van der Waals surface area contributed by atoms with Gasteiger partial charge in [-0.15, -0.1) is 0 Å². The number of hydrogen-bond donors (Lipinski definition) is 0. The molecule has 49 valence electrons. The predicted octanol–water partition coefficient (Wildman–Crippen LogP) is 2.88. The van der Waals surface area contributed by atoms with Crippen molar-refractivity contribution in [2.24, 2.45) is 0 Å². The van der Waals surface area contributed by atoms with Gasteiger partial charge in [0.05, 0.1) is 0 Å². The van der Waals surface area contributed by atoms with Gasteiger partial charge in [-0.2, -0.15) is 0 Å². The van der Waals surface area contributed by atoms with Gasteiger partial charge in [0.1, 0.15) is 0 Å². The second-order valence-electron chi connectivity index (χ2n) is 2.41. The molecule has 0 amide bonds. The summed E-state index contributed by atoms with van der Waals surface area (Å²) in [6, 6.07) is 0. The van der Waals surface area contributed by atoms with E-state index >= 15 is 0 Å². The van der Waals surface area contributed by atoms with Crippen molar-refractivity contribution in [3.8, 4) is 0 Å². The maximum absolute atomic E-state index is 3.63. The summed E-state index contributed by atoms with van der Waals surface area (Å²) in [7, 11) is 0. The highest BCUT2D eigenvalue weighted by atomic mass is 14.1. The first-order valence-electron chi connectivity index (χ1n) is 3.55. The summed E-state index contributed by atoms with van der Waals surface area (Å²) in [6.07, 6.45) is 11.4. The predicted molar refractivity (Wildman–Crippen MR) is 41.0 cm³/mol. The zero-order valence-corrected chi connectivity index (χ0v) is 5.77. The van der Waals surface area contributed by atoms with E-state index in [1.165, 1.54) is 25.7 Å². The quantitative estimate of drug-likeness (QED) is 0.504. The Bertz CT molecular complexity index is 129. The van der Waals surface area contributed by atoms with Crippen LogP contribution in [0.5, 0.6) is 0 Å². The molecule has 9 heavy (non-hydrogen) atoms. The van der Waals surface area contributed by atoms with Crippen molar-refractivity contribution >= 4 is 0 Å². The molecule has 0 heteroatoms. The summed E-state index contributed by atoms with van der Waals surface area (Å²) in [5, 5.41) is 0. The highest BCUT2D eigenvalue weighted by Gasteiger charge is 2.02. The number of hydrogen-bond acceptors (Lipinski definition) is 0. The van der Waals surface area contributed by atoms with Crippen molar-refractivity contribution in [3.05, 3.63) is 30.7 Å². The van der Waals surface area contributed by atoms with Gasteiger partial charge in [-0.25, -0.2) is 0 Å². The van der Waals surface area contributed by atoms with Crippen LogP contribution in [-0.4, -0.2) is 0 Å². The van der Waals surface area contributed by atoms with E-state index in [1.54, 1.807) is 5.57 Å². The van der Waals surface area contributed by atoms with Crippen molar-refractivity contribution in [2.75, 3.05) is 0 Å². The van der Waals surface area contributed by atoms with Gasteiger partial charge in [-0.3, -0.25) is 0 Å². The molecule has 0 heterocycles. The van der Waals surface area contributed by atoms with E-state index in [9.17, 15) is 0 Å². The molecular weight excluding hydrogens is 108 g/mol. The molecule has 0 nitrogen and oxygen atoms in total. The van der Waals surface area contributed by atoms with Crippen molar-refractivity contribution in [1.29, 1.82) is 0 Å². The van der Waals surface area contributed by atoms with Crippen LogP contribution in [0, 0.1) is 6.92 Å². The first kappa shape index (κ1) is 6.60. The summed E-state index contributed by atoms with van der Waals surface area (Å²) in [6.45, 7) is 3.63. The molecule has 1 aliphatic carbocycles. The van der Waals surface area contributed by atoms with Crippen molar-refractivity contribution in [3.63, 3.8) is 0 Å². The molecule has 0 fully saturated rings. The highest BCUT2D eigenvalue weighted by Crippen LogP contribution is 2.22. The summed E-state index contributed by atoms with van der Waals surface area (Å²) in [4.78, 5) is 0. The molecule has 0 atom stereocenters. The topological polar surface area (TPSA) is 0 Å². The Labute approximate surface area is 57.3 Å². The fraction of sp³-hybridized carbons (Fsp3) is 0.444. The van der Waals surface area contributed by atoms with Gasteiger partial charge in [0, 0.05) is 0 Å². The number of allylic oxidation sites excluding steroid dienone is 4. The molecule has 0 aromatic heterocycles. The van der Waals surface area contributed by atoms with Crippen LogP contribution in [0.15, 0.2) is 23.8 Å². The third-order valence-electron chi connectivity index (χ3n) is 1.70. The molecule has 1 rings (SSSR count). The lowest BCUT2D eigenvalue weighted by Crippen LogP contribution is -1.92. The second kappa shape index (κ2) is 3.49. The lowest BCUT2D eigenvalue weighted by molar-refractivity contribution is 0.786. The fourth-order valence-corrected chi connectivity index (χ4v) is 0.962. The third-order valence-corrected chi connectivity index (χ3v) is 1.70. The van der Waals surface area contributed by atoms with E-state index in [1.807, 2.05) is 6.08 Å². The lowest BCUT2D eigenvalue weighted by Gasteiger charge is -2.12. The normalized spacial score (nSPS) is 17.7. The Hall–Kier alpha value is -0.520. The van der Waals surface area contributed by atoms with Crippen LogP contribution in [0.1, 0.15) is 25.7 Å². The maximum atomic E-state index is 3.63. The minimum Gasteiger partial charge on any atom is -0.0882 e. The molecule has 0 saturated heterocycles. The standard InChI is InChI=1S/C9H13/c1-2-3-4-6-9-7-5-8-9/h2-3,7H,1,4-6,8H2. The van der Waals surface area contributed by atoms with Crippen LogP contribution in [-0.2, 0) is 0 Å². The second-order valence-corrected chi connectivity index (χ2v) is 2.41. The molecule has 0 aliphatic heterocycles. The van der Waals surface area contributed by atoms with E-state index in [0.29, 0.717) is 0 Å². The van der Waals surface area contributed by atoms with Gasteiger partial charge in [-0.1, -0.05) is 23.8 Å². The van der Waals surface area contributed by atoms with Crippen LogP contribution >= 0.6 is 0 Å². The Morgan fingerprint density at radius 2 is 2.44 bits per heavy atom. The Morgan fingerprint density at radius 1 is 1.67 bits per heavy atom. The first-order valence-corrected chi connectivity index (χ1v) is 3.55. The molecule has 1 aliphatic rings. The first-order chi connectivity index (χ1) is 4.43. The summed E-state index contributed by atoms with van der Waals surface area (Å²) in [5.74, 6) is 0. The average Bonchev–Trinajstić information content (AvgIpc) is 1.76. The van der Waals surface area contributed by atoms with E-state index < -0.39 is 0 Å². The smallest absolute Gasteiger partial charge is 0.0285 e.